The number of benzene rings is 1. The highest BCUT2D eigenvalue weighted by atomic mass is 32.1. The number of aromatic amines is 1. The number of nitrogens with zero attached hydrogens (tertiary/aromatic N) is 1. The second kappa shape index (κ2) is 6.24. The number of methoxy groups -OCH3 is 1. The van der Waals surface area contributed by atoms with Gasteiger partial charge in [-0.2, -0.15) is 0 Å². The zero-order valence-corrected chi connectivity index (χ0v) is 14.6. The van der Waals surface area contributed by atoms with Crippen molar-refractivity contribution in [3.05, 3.63) is 50.5 Å². The summed E-state index contributed by atoms with van der Waals surface area (Å²) in [5.74, 6) is 0.593. The molecule has 1 amide bonds. The van der Waals surface area contributed by atoms with Crippen LogP contribution in [-0.4, -0.2) is 22.6 Å². The Kier molecular flexibility index (Phi) is 4.28. The van der Waals surface area contributed by atoms with Crippen LogP contribution in [0.2, 0.25) is 0 Å². The van der Waals surface area contributed by atoms with Gasteiger partial charge in [0.15, 0.2) is 4.77 Å². The smallest absolute Gasteiger partial charge is 0.260 e. The number of H-pyrrole nitrogens is 1. The highest BCUT2D eigenvalue weighted by Gasteiger charge is 2.31. The topological polar surface area (TPSA) is 76.1 Å². The summed E-state index contributed by atoms with van der Waals surface area (Å²) in [4.78, 5) is 28.1. The van der Waals surface area contributed by atoms with E-state index in [2.05, 4.69) is 10.3 Å². The number of aromatic nitrogens is 2. The number of fused-ring (bicyclic) bond motifs is 1. The Bertz CT molecular complexity index is 914. The molecule has 1 aromatic heterocycles. The third-order valence-corrected chi connectivity index (χ3v) is 4.48. The summed E-state index contributed by atoms with van der Waals surface area (Å²) in [5, 5.41) is 2.73. The van der Waals surface area contributed by atoms with Crippen LogP contribution in [0.25, 0.3) is 0 Å². The number of nitrogens with one attached hydrogen (secondary N) is 2. The van der Waals surface area contributed by atoms with Gasteiger partial charge < -0.3 is 15.0 Å². The maximum absolute atomic E-state index is 13.0. The van der Waals surface area contributed by atoms with E-state index in [-0.39, 0.29) is 29.8 Å². The monoisotopic (exact) mass is 345 g/mol. The van der Waals surface area contributed by atoms with Crippen molar-refractivity contribution in [2.75, 3.05) is 12.4 Å². The van der Waals surface area contributed by atoms with Crippen molar-refractivity contribution >= 4 is 23.9 Å². The number of carbonyl (C=O) groups is 1. The Balaban J connectivity index is 2.25. The fourth-order valence-electron chi connectivity index (χ4n) is 3.07. The summed E-state index contributed by atoms with van der Waals surface area (Å²) in [6.45, 7) is 3.80. The van der Waals surface area contributed by atoms with Gasteiger partial charge in [-0.1, -0.05) is 12.1 Å². The molecule has 2 heterocycles. The Morgan fingerprint density at radius 2 is 2.08 bits per heavy atom. The van der Waals surface area contributed by atoms with Gasteiger partial charge >= 0.3 is 0 Å². The Hall–Kier alpha value is -2.41. The predicted molar refractivity (Wildman–Crippen MR) is 94.4 cm³/mol. The lowest BCUT2D eigenvalue weighted by Crippen LogP contribution is -2.35. The normalized spacial score (nSPS) is 16.7. The van der Waals surface area contributed by atoms with Crippen LogP contribution >= 0.6 is 12.2 Å². The molecule has 0 spiro atoms. The van der Waals surface area contributed by atoms with E-state index in [4.69, 9.17) is 17.0 Å². The van der Waals surface area contributed by atoms with Crippen molar-refractivity contribution in [1.29, 1.82) is 0 Å². The van der Waals surface area contributed by atoms with E-state index in [1.165, 1.54) is 0 Å². The lowest BCUT2D eigenvalue weighted by atomic mass is 9.86. The number of anilines is 1. The fourth-order valence-corrected chi connectivity index (χ4v) is 3.47. The largest absolute Gasteiger partial charge is 0.497 e. The number of ether oxygens (including phenoxy) is 1. The third-order valence-electron chi connectivity index (χ3n) is 4.18. The second-order valence-corrected chi connectivity index (χ2v) is 6.46. The molecule has 0 bridgehead atoms. The van der Waals surface area contributed by atoms with Gasteiger partial charge in [-0.25, -0.2) is 0 Å². The molecule has 0 saturated carbocycles. The van der Waals surface area contributed by atoms with E-state index in [9.17, 15) is 9.59 Å². The van der Waals surface area contributed by atoms with Crippen LogP contribution in [-0.2, 0) is 4.79 Å². The fraction of sp³-hybridized carbons (Fsp3) is 0.353. The van der Waals surface area contributed by atoms with Gasteiger partial charge in [-0.05, 0) is 43.8 Å². The van der Waals surface area contributed by atoms with E-state index < -0.39 is 0 Å². The molecule has 1 aliphatic rings. The zero-order valence-electron chi connectivity index (χ0n) is 13.8. The molecule has 7 heteroatoms. The lowest BCUT2D eigenvalue weighted by molar-refractivity contribution is -0.116. The van der Waals surface area contributed by atoms with E-state index in [0.29, 0.717) is 21.9 Å². The third kappa shape index (κ3) is 2.75. The molecule has 2 N–H and O–H groups in total. The number of hydrogen-bond donors (Lipinski definition) is 2. The first kappa shape index (κ1) is 16.4. The molecule has 1 aromatic carbocycles. The van der Waals surface area contributed by atoms with Crippen LogP contribution in [0.5, 0.6) is 5.75 Å². The van der Waals surface area contributed by atoms with Gasteiger partial charge in [-0.3, -0.25) is 14.2 Å². The molecule has 24 heavy (non-hydrogen) atoms. The van der Waals surface area contributed by atoms with Gasteiger partial charge in [0.1, 0.15) is 11.6 Å². The van der Waals surface area contributed by atoms with Crippen molar-refractivity contribution in [3.63, 3.8) is 0 Å². The summed E-state index contributed by atoms with van der Waals surface area (Å²) >= 11 is 5.27. The standard InChI is InChI=1S/C17H19N3O3S/c1-9(2)20-16(22)14-12(10-5-4-6-11(7-10)23-3)8-13(21)18-15(14)19-17(20)24/h4-7,9,12H,8H2,1-3H3,(H,18,21)(H,19,24). The molecule has 3 rings (SSSR count). The van der Waals surface area contributed by atoms with Gasteiger partial charge in [0.05, 0.1) is 12.7 Å². The zero-order chi connectivity index (χ0) is 17.4. The number of carbonyl (C=O) groups excluding carboxylic acids is 1. The van der Waals surface area contributed by atoms with Crippen molar-refractivity contribution < 1.29 is 9.53 Å². The first-order chi connectivity index (χ1) is 11.4. The molecule has 126 valence electrons. The van der Waals surface area contributed by atoms with Crippen LogP contribution in [0.4, 0.5) is 5.82 Å². The van der Waals surface area contributed by atoms with Crippen LogP contribution in [0.15, 0.2) is 29.1 Å². The predicted octanol–water partition coefficient (Wildman–Crippen LogP) is 2.97. The Labute approximate surface area is 144 Å². The Morgan fingerprint density at radius 3 is 2.75 bits per heavy atom. The molecule has 0 radical (unpaired) electrons. The van der Waals surface area contributed by atoms with Gasteiger partial charge in [-0.15, -0.1) is 0 Å². The Morgan fingerprint density at radius 1 is 1.33 bits per heavy atom. The molecular formula is C17H19N3O3S. The first-order valence-corrected chi connectivity index (χ1v) is 8.15. The minimum atomic E-state index is -0.340. The van der Waals surface area contributed by atoms with Crippen LogP contribution < -0.4 is 15.6 Å². The SMILES string of the molecule is COc1cccc(C2CC(=O)Nc3[nH]c(=S)n(C(C)C)c(=O)c32)c1. The summed E-state index contributed by atoms with van der Waals surface area (Å²) < 4.78 is 7.11. The molecule has 0 aliphatic carbocycles. The minimum Gasteiger partial charge on any atom is -0.497 e. The molecule has 1 aliphatic heterocycles. The van der Waals surface area contributed by atoms with Gasteiger partial charge in [0, 0.05) is 18.4 Å². The van der Waals surface area contributed by atoms with Gasteiger partial charge in [0.2, 0.25) is 5.91 Å². The van der Waals surface area contributed by atoms with Crippen LogP contribution in [0.1, 0.15) is 43.4 Å². The van der Waals surface area contributed by atoms with E-state index in [1.54, 1.807) is 11.7 Å². The van der Waals surface area contributed by atoms with E-state index >= 15 is 0 Å². The van der Waals surface area contributed by atoms with E-state index in [0.717, 1.165) is 5.56 Å². The molecule has 0 fully saturated rings. The first-order valence-electron chi connectivity index (χ1n) is 7.75. The van der Waals surface area contributed by atoms with Crippen molar-refractivity contribution in [3.8, 4) is 5.75 Å². The van der Waals surface area contributed by atoms with E-state index in [1.807, 2.05) is 38.1 Å². The molecule has 2 aromatic rings. The molecule has 1 unspecified atom stereocenters. The molecule has 6 nitrogen and oxygen atoms in total. The summed E-state index contributed by atoms with van der Waals surface area (Å²) in [7, 11) is 1.59. The maximum atomic E-state index is 13.0. The summed E-state index contributed by atoms with van der Waals surface area (Å²) in [6, 6.07) is 7.37. The van der Waals surface area contributed by atoms with Crippen molar-refractivity contribution in [2.45, 2.75) is 32.2 Å². The van der Waals surface area contributed by atoms with Crippen molar-refractivity contribution in [2.24, 2.45) is 0 Å². The highest BCUT2D eigenvalue weighted by molar-refractivity contribution is 7.71. The minimum absolute atomic E-state index is 0.0739. The number of amides is 1. The molecule has 0 saturated heterocycles. The lowest BCUT2D eigenvalue weighted by Gasteiger charge is -2.26. The second-order valence-electron chi connectivity index (χ2n) is 6.07. The average Bonchev–Trinajstić information content (AvgIpc) is 2.53. The molecular weight excluding hydrogens is 326 g/mol. The van der Waals surface area contributed by atoms with Gasteiger partial charge in [0.25, 0.3) is 5.56 Å². The summed E-state index contributed by atoms with van der Waals surface area (Å²) in [6.07, 6.45) is 0.206. The number of rotatable bonds is 3. The van der Waals surface area contributed by atoms with Crippen molar-refractivity contribution in [1.82, 2.24) is 9.55 Å². The average molecular weight is 345 g/mol. The summed E-state index contributed by atoms with van der Waals surface area (Å²) in [5.41, 5.74) is 1.23. The van der Waals surface area contributed by atoms with Crippen LogP contribution in [0, 0.1) is 4.77 Å². The maximum Gasteiger partial charge on any atom is 0.260 e. The highest BCUT2D eigenvalue weighted by Crippen LogP contribution is 2.35. The van der Waals surface area contributed by atoms with Crippen LogP contribution in [0.3, 0.4) is 0 Å². The molecule has 1 atom stereocenters. The quantitative estimate of drug-likeness (QED) is 0.839. The number of hydrogen-bond acceptors (Lipinski definition) is 4.